The second-order valence-electron chi connectivity index (χ2n) is 9.33. The van der Waals surface area contributed by atoms with Crippen molar-refractivity contribution in [1.82, 2.24) is 4.90 Å². The van der Waals surface area contributed by atoms with Crippen molar-refractivity contribution < 1.29 is 14.3 Å². The molecule has 0 aliphatic carbocycles. The van der Waals surface area contributed by atoms with Crippen molar-refractivity contribution in [3.05, 3.63) is 93.3 Å². The Kier molecular flexibility index (Phi) is 7.59. The van der Waals surface area contributed by atoms with Gasteiger partial charge in [0.25, 0.3) is 0 Å². The van der Waals surface area contributed by atoms with Gasteiger partial charge in [0.15, 0.2) is 0 Å². The molecule has 1 saturated heterocycles. The van der Waals surface area contributed by atoms with Gasteiger partial charge in [0.2, 0.25) is 0 Å². The molecule has 4 aromatic rings. The average Bonchev–Trinajstić information content (AvgIpc) is 2.89. The fourth-order valence-electron chi connectivity index (χ4n) is 4.92. The Labute approximate surface area is 215 Å². The van der Waals surface area contributed by atoms with Crippen LogP contribution in [0.3, 0.4) is 0 Å². The topological polar surface area (TPSA) is 62.9 Å². The van der Waals surface area contributed by atoms with Crippen LogP contribution in [0.4, 0.5) is 0 Å². The number of benzene rings is 3. The maximum atomic E-state index is 13.0. The summed E-state index contributed by atoms with van der Waals surface area (Å²) in [4.78, 5) is 15.5. The van der Waals surface area contributed by atoms with Gasteiger partial charge < -0.3 is 14.3 Å². The number of aryl methyl sites for hydroxylation is 2. The molecular formula is C30H30ClNO4. The van der Waals surface area contributed by atoms with Crippen LogP contribution < -0.4 is 10.4 Å². The highest BCUT2D eigenvalue weighted by atomic mass is 35.5. The molecule has 0 atom stereocenters. The maximum Gasteiger partial charge on any atom is 0.344 e. The first kappa shape index (κ1) is 24.4. The van der Waals surface area contributed by atoms with Gasteiger partial charge in [-0.05, 0) is 91.9 Å². The van der Waals surface area contributed by atoms with E-state index < -0.39 is 5.63 Å². The fourth-order valence-corrected chi connectivity index (χ4v) is 5.05. The van der Waals surface area contributed by atoms with Crippen LogP contribution in [0.1, 0.15) is 30.4 Å². The normalized spacial score (nSPS) is 14.2. The lowest BCUT2D eigenvalue weighted by Crippen LogP contribution is -2.33. The molecule has 186 valence electrons. The highest BCUT2D eigenvalue weighted by molar-refractivity contribution is 6.30. The Morgan fingerprint density at radius 2 is 1.67 bits per heavy atom. The summed E-state index contributed by atoms with van der Waals surface area (Å²) >= 11 is 6.07. The minimum absolute atomic E-state index is 0.0618. The number of aromatic hydroxyl groups is 1. The Balaban J connectivity index is 1.33. The maximum absolute atomic E-state index is 13.0. The van der Waals surface area contributed by atoms with Crippen LogP contribution in [0.2, 0.25) is 5.02 Å². The molecule has 0 bridgehead atoms. The number of hydrogen-bond acceptors (Lipinski definition) is 5. The summed E-state index contributed by atoms with van der Waals surface area (Å²) in [5.74, 6) is 0.936. The van der Waals surface area contributed by atoms with Crippen molar-refractivity contribution in [1.29, 1.82) is 0 Å². The van der Waals surface area contributed by atoms with Gasteiger partial charge in [-0.1, -0.05) is 42.3 Å². The summed E-state index contributed by atoms with van der Waals surface area (Å²) in [6.07, 6.45) is 5.29. The van der Waals surface area contributed by atoms with Crippen molar-refractivity contribution >= 4 is 22.6 Å². The molecular weight excluding hydrogens is 474 g/mol. The summed E-state index contributed by atoms with van der Waals surface area (Å²) in [6.45, 7) is 4.01. The van der Waals surface area contributed by atoms with E-state index in [0.717, 1.165) is 40.8 Å². The van der Waals surface area contributed by atoms with Crippen LogP contribution in [-0.4, -0.2) is 36.2 Å². The highest BCUT2D eigenvalue weighted by Gasteiger charge is 2.17. The molecule has 0 spiro atoms. The number of phenols is 1. The van der Waals surface area contributed by atoms with Gasteiger partial charge in [0.1, 0.15) is 23.7 Å². The predicted octanol–water partition coefficient (Wildman–Crippen LogP) is 6.47. The highest BCUT2D eigenvalue weighted by Crippen LogP contribution is 2.31. The molecule has 6 heteroatoms. The van der Waals surface area contributed by atoms with E-state index in [2.05, 4.69) is 17.0 Å². The zero-order valence-electron chi connectivity index (χ0n) is 20.2. The van der Waals surface area contributed by atoms with E-state index in [-0.39, 0.29) is 5.75 Å². The molecule has 0 amide bonds. The summed E-state index contributed by atoms with van der Waals surface area (Å²) in [7, 11) is 0. The minimum Gasteiger partial charge on any atom is -0.508 e. The lowest BCUT2D eigenvalue weighted by atomic mass is 9.93. The lowest BCUT2D eigenvalue weighted by molar-refractivity contribution is 0.183. The molecule has 3 aromatic carbocycles. The van der Waals surface area contributed by atoms with Crippen molar-refractivity contribution in [2.24, 2.45) is 0 Å². The van der Waals surface area contributed by atoms with Gasteiger partial charge in [-0.15, -0.1) is 0 Å². The molecule has 1 aromatic heterocycles. The number of phenolic OH excluding ortho intramolecular Hbond substituents is 1. The van der Waals surface area contributed by atoms with Crippen molar-refractivity contribution in [2.45, 2.75) is 32.1 Å². The molecule has 0 saturated carbocycles. The molecule has 2 heterocycles. The molecule has 0 radical (unpaired) electrons. The van der Waals surface area contributed by atoms with E-state index in [0.29, 0.717) is 29.2 Å². The van der Waals surface area contributed by atoms with Crippen LogP contribution >= 0.6 is 11.6 Å². The average molecular weight is 504 g/mol. The Bertz CT molecular complexity index is 1370. The fraction of sp³-hybridized carbons (Fsp3) is 0.300. The first-order chi connectivity index (χ1) is 17.6. The number of likely N-dealkylation sites (tertiary alicyclic amines) is 1. The summed E-state index contributed by atoms with van der Waals surface area (Å²) < 4.78 is 11.5. The second kappa shape index (κ2) is 11.2. The number of piperidine rings is 1. The van der Waals surface area contributed by atoms with Gasteiger partial charge in [0, 0.05) is 23.0 Å². The first-order valence-electron chi connectivity index (χ1n) is 12.6. The number of ether oxygens (including phenoxy) is 1. The van der Waals surface area contributed by atoms with E-state index in [1.165, 1.54) is 38.4 Å². The lowest BCUT2D eigenvalue weighted by Gasteiger charge is -2.26. The van der Waals surface area contributed by atoms with Gasteiger partial charge in [-0.3, -0.25) is 4.90 Å². The van der Waals surface area contributed by atoms with Crippen molar-refractivity contribution in [2.75, 3.05) is 26.2 Å². The number of fused-ring (bicyclic) bond motifs is 1. The van der Waals surface area contributed by atoms with Gasteiger partial charge in [-0.25, -0.2) is 4.79 Å². The SMILES string of the molecule is O=c1oc2cc(O)ccc2c(CCc2ccc(OCCN3CCCCC3)cc2)c1-c1ccc(Cl)cc1. The number of hydrogen-bond donors (Lipinski definition) is 1. The molecule has 5 nitrogen and oxygen atoms in total. The van der Waals surface area contributed by atoms with E-state index in [9.17, 15) is 9.90 Å². The van der Waals surface area contributed by atoms with Crippen molar-refractivity contribution in [3.8, 4) is 22.6 Å². The van der Waals surface area contributed by atoms with Crippen LogP contribution in [0.5, 0.6) is 11.5 Å². The Hall–Kier alpha value is -3.28. The zero-order valence-corrected chi connectivity index (χ0v) is 21.0. The molecule has 1 N–H and O–H groups in total. The zero-order chi connectivity index (χ0) is 24.9. The number of halogens is 1. The third kappa shape index (κ3) is 5.75. The first-order valence-corrected chi connectivity index (χ1v) is 12.9. The smallest absolute Gasteiger partial charge is 0.344 e. The van der Waals surface area contributed by atoms with E-state index in [1.807, 2.05) is 30.3 Å². The van der Waals surface area contributed by atoms with Crippen LogP contribution in [0.15, 0.2) is 75.9 Å². The molecule has 1 aliphatic rings. The van der Waals surface area contributed by atoms with Gasteiger partial charge in [0.05, 0.1) is 5.56 Å². The summed E-state index contributed by atoms with van der Waals surface area (Å²) in [5.41, 5.74) is 3.29. The van der Waals surface area contributed by atoms with E-state index in [4.69, 9.17) is 20.8 Å². The minimum atomic E-state index is -0.428. The standard InChI is InChI=1S/C30H30ClNO4/c31-23-9-7-22(8-10-23)29-27(26-15-11-24(33)20-28(26)36-30(29)34)14-6-21-4-12-25(13-5-21)35-19-18-32-16-2-1-3-17-32/h4-5,7-13,15,20,33H,1-3,6,14,16-19H2. The molecule has 1 aliphatic heterocycles. The predicted molar refractivity (Wildman–Crippen MR) is 144 cm³/mol. The van der Waals surface area contributed by atoms with Gasteiger partial charge in [-0.2, -0.15) is 0 Å². The Morgan fingerprint density at radius 1 is 0.917 bits per heavy atom. The van der Waals surface area contributed by atoms with Crippen LogP contribution in [0, 0.1) is 0 Å². The summed E-state index contributed by atoms with van der Waals surface area (Å²) in [6, 6.07) is 20.3. The molecule has 0 unspecified atom stereocenters. The molecule has 1 fully saturated rings. The number of rotatable bonds is 8. The molecule has 36 heavy (non-hydrogen) atoms. The van der Waals surface area contributed by atoms with Crippen LogP contribution in [-0.2, 0) is 12.8 Å². The second-order valence-corrected chi connectivity index (χ2v) is 9.76. The summed E-state index contributed by atoms with van der Waals surface area (Å²) in [5, 5.41) is 11.3. The molecule has 5 rings (SSSR count). The van der Waals surface area contributed by atoms with E-state index in [1.54, 1.807) is 18.2 Å². The third-order valence-electron chi connectivity index (χ3n) is 6.84. The van der Waals surface area contributed by atoms with Crippen molar-refractivity contribution in [3.63, 3.8) is 0 Å². The van der Waals surface area contributed by atoms with Gasteiger partial charge >= 0.3 is 5.63 Å². The quantitative estimate of drug-likeness (QED) is 0.279. The van der Waals surface area contributed by atoms with E-state index >= 15 is 0 Å². The van der Waals surface area contributed by atoms with Crippen LogP contribution in [0.25, 0.3) is 22.1 Å². The monoisotopic (exact) mass is 503 g/mol. The number of nitrogens with zero attached hydrogens (tertiary/aromatic N) is 1. The largest absolute Gasteiger partial charge is 0.508 e. The third-order valence-corrected chi connectivity index (χ3v) is 7.10. The Morgan fingerprint density at radius 3 is 2.42 bits per heavy atom.